The second-order valence-electron chi connectivity index (χ2n) is 2.47. The molecule has 0 fully saturated rings. The predicted octanol–water partition coefficient (Wildman–Crippen LogP) is -0.926. The molecule has 0 unspecified atom stereocenters. The maximum Gasteiger partial charge on any atom is 0.216 e. The average Bonchev–Trinajstić information content (AvgIpc) is 1.96. The monoisotopic (exact) mass is 158 g/mol. The second kappa shape index (κ2) is 7.25. The first-order valence-corrected chi connectivity index (χ1v) is 4.00. The Balaban J connectivity index is 2.96. The molecule has 0 saturated carbocycles. The van der Waals surface area contributed by atoms with E-state index >= 15 is 0 Å². The van der Waals surface area contributed by atoms with E-state index in [1.807, 2.05) is 13.3 Å². The second-order valence-corrected chi connectivity index (χ2v) is 2.47. The molecule has 2 N–H and O–H groups in total. The molecule has 0 rings (SSSR count). The van der Waals surface area contributed by atoms with Crippen molar-refractivity contribution in [3.8, 4) is 0 Å². The summed E-state index contributed by atoms with van der Waals surface area (Å²) in [5.41, 5.74) is 0. The van der Waals surface area contributed by atoms with Crippen LogP contribution in [-0.2, 0) is 4.79 Å². The zero-order valence-corrected chi connectivity index (χ0v) is 7.31. The van der Waals surface area contributed by atoms with Crippen LogP contribution in [0.4, 0.5) is 0 Å². The molecule has 11 heavy (non-hydrogen) atoms. The van der Waals surface area contributed by atoms with E-state index in [1.165, 1.54) is 0 Å². The van der Waals surface area contributed by atoms with Crippen LogP contribution in [-0.4, -0.2) is 25.7 Å². The third-order valence-corrected chi connectivity index (χ3v) is 1.35. The Morgan fingerprint density at radius 3 is 2.82 bits per heavy atom. The fourth-order valence-corrected chi connectivity index (χ4v) is 0.780. The summed E-state index contributed by atoms with van der Waals surface area (Å²) in [6.07, 6.45) is 5.27. The molecule has 0 radical (unpaired) electrons. The topological polar surface area (TPSA) is 43.1 Å². The van der Waals surface area contributed by atoms with Gasteiger partial charge in [0, 0.05) is 19.9 Å². The number of rotatable bonds is 5. The summed E-state index contributed by atoms with van der Waals surface area (Å²) in [6, 6.07) is 0. The van der Waals surface area contributed by atoms with Crippen molar-refractivity contribution >= 4 is 12.1 Å². The Labute approximate surface area is 67.9 Å². The Hall–Kier alpha value is -0.860. The van der Waals surface area contributed by atoms with Gasteiger partial charge in [-0.2, -0.15) is 0 Å². The molecule has 0 aliphatic carbocycles. The zero-order valence-electron chi connectivity index (χ0n) is 7.31. The molecule has 0 spiro atoms. The van der Waals surface area contributed by atoms with E-state index in [-0.39, 0.29) is 5.91 Å². The predicted molar refractivity (Wildman–Crippen MR) is 45.5 cm³/mol. The SMILES string of the molecule is CC(=O)NCCCCC=[NH+][13CH3]. The van der Waals surface area contributed by atoms with Gasteiger partial charge in [0.05, 0.1) is 0 Å². The molecule has 0 aliphatic heterocycles. The summed E-state index contributed by atoms with van der Waals surface area (Å²) in [5, 5.41) is 2.75. The Morgan fingerprint density at radius 1 is 1.55 bits per heavy atom. The first kappa shape index (κ1) is 10.1. The highest BCUT2D eigenvalue weighted by Crippen LogP contribution is 1.88. The van der Waals surface area contributed by atoms with Crippen molar-refractivity contribution in [2.45, 2.75) is 26.2 Å². The smallest absolute Gasteiger partial charge is 0.216 e. The van der Waals surface area contributed by atoms with Crippen LogP contribution < -0.4 is 10.3 Å². The summed E-state index contributed by atoms with van der Waals surface area (Å²) in [7, 11) is 1.90. The van der Waals surface area contributed by atoms with Gasteiger partial charge in [-0.15, -0.1) is 0 Å². The van der Waals surface area contributed by atoms with E-state index in [9.17, 15) is 4.79 Å². The molecule has 0 aromatic rings. The minimum absolute atomic E-state index is 0.0580. The first-order valence-electron chi connectivity index (χ1n) is 4.00. The van der Waals surface area contributed by atoms with Crippen LogP contribution in [0.1, 0.15) is 26.2 Å². The van der Waals surface area contributed by atoms with Gasteiger partial charge >= 0.3 is 0 Å². The molecule has 3 nitrogen and oxygen atoms in total. The highest BCUT2D eigenvalue weighted by atomic mass is 16.1. The van der Waals surface area contributed by atoms with Crippen molar-refractivity contribution in [2.75, 3.05) is 13.6 Å². The van der Waals surface area contributed by atoms with Crippen LogP contribution in [0.5, 0.6) is 0 Å². The molecule has 0 aromatic heterocycles. The Bertz CT molecular complexity index is 132. The van der Waals surface area contributed by atoms with Gasteiger partial charge in [-0.25, -0.2) is 0 Å². The first-order chi connectivity index (χ1) is 5.27. The molecule has 0 heterocycles. The van der Waals surface area contributed by atoms with Gasteiger partial charge in [0.1, 0.15) is 13.3 Å². The number of carbonyl (C=O) groups is 1. The van der Waals surface area contributed by atoms with Crippen LogP contribution in [0.15, 0.2) is 0 Å². The van der Waals surface area contributed by atoms with Crippen molar-refractivity contribution in [1.29, 1.82) is 0 Å². The van der Waals surface area contributed by atoms with Crippen molar-refractivity contribution in [3.05, 3.63) is 0 Å². The van der Waals surface area contributed by atoms with Gasteiger partial charge in [0.15, 0.2) is 0 Å². The number of nitrogens with one attached hydrogen (secondary N) is 2. The van der Waals surface area contributed by atoms with Crippen LogP contribution in [0.2, 0.25) is 0 Å². The number of carbonyl (C=O) groups excluding carboxylic acids is 1. The van der Waals surface area contributed by atoms with Crippen molar-refractivity contribution in [2.24, 2.45) is 0 Å². The number of unbranched alkanes of at least 4 members (excludes halogenated alkanes) is 2. The Morgan fingerprint density at radius 2 is 2.27 bits per heavy atom. The molecule has 64 valence electrons. The van der Waals surface area contributed by atoms with Gasteiger partial charge in [0.25, 0.3) is 0 Å². The maximum atomic E-state index is 10.4. The summed E-state index contributed by atoms with van der Waals surface area (Å²) >= 11 is 0. The fraction of sp³-hybridized carbons (Fsp3) is 0.750. The van der Waals surface area contributed by atoms with E-state index in [0.29, 0.717) is 0 Å². The molecule has 0 atom stereocenters. The van der Waals surface area contributed by atoms with Gasteiger partial charge in [0.2, 0.25) is 5.91 Å². The van der Waals surface area contributed by atoms with Gasteiger partial charge in [-0.05, 0) is 12.8 Å². The number of hydrogen-bond donors (Lipinski definition) is 2. The van der Waals surface area contributed by atoms with Crippen LogP contribution in [0.3, 0.4) is 0 Å². The average molecular weight is 158 g/mol. The lowest BCUT2D eigenvalue weighted by Crippen LogP contribution is -2.62. The van der Waals surface area contributed by atoms with Crippen LogP contribution >= 0.6 is 0 Å². The molecular weight excluding hydrogens is 141 g/mol. The lowest BCUT2D eigenvalue weighted by molar-refractivity contribution is -0.415. The van der Waals surface area contributed by atoms with Crippen LogP contribution in [0.25, 0.3) is 0 Å². The minimum Gasteiger partial charge on any atom is -0.356 e. The van der Waals surface area contributed by atoms with Gasteiger partial charge in [-0.1, -0.05) is 0 Å². The van der Waals surface area contributed by atoms with E-state index < -0.39 is 0 Å². The summed E-state index contributed by atoms with van der Waals surface area (Å²) < 4.78 is 0. The maximum absolute atomic E-state index is 10.4. The standard InChI is InChI=1S/C8H16N2O/c1-8(11)10-7-5-3-4-6-9-2/h6H,3-5,7H2,1-2H3,(H,10,11)/p+1/i2+1. The van der Waals surface area contributed by atoms with Gasteiger partial charge in [-0.3, -0.25) is 9.79 Å². The fourth-order valence-electron chi connectivity index (χ4n) is 0.780. The third kappa shape index (κ3) is 9.14. The molecule has 0 saturated heterocycles. The summed E-state index contributed by atoms with van der Waals surface area (Å²) in [6.45, 7) is 2.34. The van der Waals surface area contributed by atoms with E-state index in [2.05, 4.69) is 10.3 Å². The highest BCUT2D eigenvalue weighted by molar-refractivity contribution is 5.72. The Kier molecular flexibility index (Phi) is 6.68. The van der Waals surface area contributed by atoms with E-state index in [1.54, 1.807) is 6.92 Å². The number of hydrogen-bond acceptors (Lipinski definition) is 1. The van der Waals surface area contributed by atoms with Crippen LogP contribution in [0, 0.1) is 0 Å². The van der Waals surface area contributed by atoms with E-state index in [0.717, 1.165) is 25.8 Å². The van der Waals surface area contributed by atoms with Crippen molar-refractivity contribution < 1.29 is 9.79 Å². The minimum atomic E-state index is 0.0580. The van der Waals surface area contributed by atoms with Gasteiger partial charge < -0.3 is 5.32 Å². The van der Waals surface area contributed by atoms with E-state index in [4.69, 9.17) is 0 Å². The van der Waals surface area contributed by atoms with Crippen molar-refractivity contribution in [3.63, 3.8) is 0 Å². The molecule has 0 bridgehead atoms. The molecule has 1 amide bonds. The molecule has 0 aromatic carbocycles. The summed E-state index contributed by atoms with van der Waals surface area (Å²) in [5.74, 6) is 0.0580. The zero-order chi connectivity index (χ0) is 8.53. The summed E-state index contributed by atoms with van der Waals surface area (Å²) in [4.78, 5) is 13.4. The normalized spacial score (nSPS) is 10.4. The third-order valence-electron chi connectivity index (χ3n) is 1.35. The molecule has 0 aliphatic rings. The largest absolute Gasteiger partial charge is 0.356 e. The highest BCUT2D eigenvalue weighted by Gasteiger charge is 1.90. The number of amides is 1. The lowest BCUT2D eigenvalue weighted by Gasteiger charge is -1.98. The molecular formula is C8H17N2O+. The lowest BCUT2D eigenvalue weighted by atomic mass is 10.2. The molecule has 3 heteroatoms. The van der Waals surface area contributed by atoms with Crippen molar-refractivity contribution in [1.82, 2.24) is 5.32 Å². The quantitative estimate of drug-likeness (QED) is 0.303.